The predicted molar refractivity (Wildman–Crippen MR) is 95.7 cm³/mol. The Morgan fingerprint density at radius 2 is 2.00 bits per heavy atom. The molecule has 0 radical (unpaired) electrons. The van der Waals surface area contributed by atoms with Gasteiger partial charge < -0.3 is 15.0 Å². The number of carbonyl (C=O) groups is 1. The number of nitrogens with zero attached hydrogens (tertiary/aromatic N) is 1. The van der Waals surface area contributed by atoms with Crippen LogP contribution < -0.4 is 10.2 Å². The van der Waals surface area contributed by atoms with E-state index in [-0.39, 0.29) is 5.97 Å². The Morgan fingerprint density at radius 1 is 1.35 bits per heavy atom. The smallest absolute Gasteiger partial charge is 0.338 e. The van der Waals surface area contributed by atoms with E-state index in [0.29, 0.717) is 22.7 Å². The highest BCUT2D eigenvalue weighted by molar-refractivity contribution is 6.31. The Kier molecular flexibility index (Phi) is 6.31. The fourth-order valence-corrected chi connectivity index (χ4v) is 3.80. The van der Waals surface area contributed by atoms with E-state index in [0.717, 1.165) is 30.6 Å². The van der Waals surface area contributed by atoms with Gasteiger partial charge in [-0.15, -0.1) is 0 Å². The zero-order valence-corrected chi connectivity index (χ0v) is 15.2. The summed E-state index contributed by atoms with van der Waals surface area (Å²) in [5.74, 6) is -0.332. The molecular weight excluding hydrogens is 312 g/mol. The van der Waals surface area contributed by atoms with Gasteiger partial charge in [-0.2, -0.15) is 0 Å². The molecule has 128 valence electrons. The van der Waals surface area contributed by atoms with E-state index in [1.54, 1.807) is 6.07 Å². The summed E-state index contributed by atoms with van der Waals surface area (Å²) in [5.41, 5.74) is 2.55. The Morgan fingerprint density at radius 3 is 2.52 bits per heavy atom. The lowest BCUT2D eigenvalue weighted by atomic mass is 9.89. The average Bonchev–Trinajstić information content (AvgIpc) is 2.58. The van der Waals surface area contributed by atoms with Crippen LogP contribution in [0.15, 0.2) is 12.1 Å². The maximum atomic E-state index is 12.0. The van der Waals surface area contributed by atoms with Gasteiger partial charge in [-0.1, -0.05) is 11.6 Å². The van der Waals surface area contributed by atoms with Crippen molar-refractivity contribution >= 4 is 23.3 Å². The molecule has 1 saturated carbocycles. The van der Waals surface area contributed by atoms with Crippen molar-refractivity contribution in [1.29, 1.82) is 0 Å². The Bertz CT molecular complexity index is 554. The Balaban J connectivity index is 2.31. The SMILES string of the molecule is CCN(c1cc(Cl)cc(C(=O)OC)c1C)C1CCC(NC)CC1. The lowest BCUT2D eigenvalue weighted by Crippen LogP contribution is -2.42. The van der Waals surface area contributed by atoms with Crippen LogP contribution in [0.1, 0.15) is 48.5 Å². The fourth-order valence-electron chi connectivity index (χ4n) is 3.59. The molecule has 1 aliphatic carbocycles. The van der Waals surface area contributed by atoms with Crippen molar-refractivity contribution in [3.05, 3.63) is 28.3 Å². The largest absolute Gasteiger partial charge is 0.465 e. The lowest BCUT2D eigenvalue weighted by molar-refractivity contribution is 0.0600. The molecule has 0 aromatic heterocycles. The van der Waals surface area contributed by atoms with Crippen LogP contribution >= 0.6 is 11.6 Å². The highest BCUT2D eigenvalue weighted by Gasteiger charge is 2.27. The zero-order chi connectivity index (χ0) is 17.0. The molecule has 0 unspecified atom stereocenters. The molecule has 4 nitrogen and oxygen atoms in total. The van der Waals surface area contributed by atoms with Gasteiger partial charge in [0, 0.05) is 29.3 Å². The summed E-state index contributed by atoms with van der Waals surface area (Å²) in [4.78, 5) is 14.4. The monoisotopic (exact) mass is 338 g/mol. The molecule has 1 N–H and O–H groups in total. The van der Waals surface area contributed by atoms with E-state index in [9.17, 15) is 4.79 Å². The van der Waals surface area contributed by atoms with Crippen molar-refractivity contribution in [2.45, 2.75) is 51.6 Å². The number of nitrogens with one attached hydrogen (secondary N) is 1. The summed E-state index contributed by atoms with van der Waals surface area (Å²) in [7, 11) is 3.44. The molecule has 0 atom stereocenters. The van der Waals surface area contributed by atoms with Crippen molar-refractivity contribution < 1.29 is 9.53 Å². The van der Waals surface area contributed by atoms with Crippen LogP contribution in [0.2, 0.25) is 5.02 Å². The summed E-state index contributed by atoms with van der Waals surface area (Å²) >= 11 is 6.26. The summed E-state index contributed by atoms with van der Waals surface area (Å²) in [6.07, 6.45) is 4.67. The number of carbonyl (C=O) groups excluding carboxylic acids is 1. The van der Waals surface area contributed by atoms with Gasteiger partial charge in [-0.25, -0.2) is 4.79 Å². The number of hydrogen-bond donors (Lipinski definition) is 1. The van der Waals surface area contributed by atoms with E-state index in [2.05, 4.69) is 17.1 Å². The first-order valence-electron chi connectivity index (χ1n) is 8.34. The maximum Gasteiger partial charge on any atom is 0.338 e. The van der Waals surface area contributed by atoms with Crippen molar-refractivity contribution in [2.24, 2.45) is 0 Å². The van der Waals surface area contributed by atoms with E-state index in [1.807, 2.05) is 20.0 Å². The number of anilines is 1. The van der Waals surface area contributed by atoms with Crippen molar-refractivity contribution in [2.75, 3.05) is 25.6 Å². The first-order valence-corrected chi connectivity index (χ1v) is 8.71. The van der Waals surface area contributed by atoms with Crippen LogP contribution in [-0.2, 0) is 4.74 Å². The van der Waals surface area contributed by atoms with E-state index >= 15 is 0 Å². The minimum Gasteiger partial charge on any atom is -0.465 e. The number of methoxy groups -OCH3 is 1. The van der Waals surface area contributed by atoms with Gasteiger partial charge in [0.2, 0.25) is 0 Å². The molecule has 1 aliphatic rings. The number of rotatable bonds is 5. The number of halogens is 1. The second kappa shape index (κ2) is 8.02. The summed E-state index contributed by atoms with van der Waals surface area (Å²) in [6, 6.07) is 4.78. The minimum absolute atomic E-state index is 0.332. The maximum absolute atomic E-state index is 12.0. The van der Waals surface area contributed by atoms with Gasteiger partial charge in [-0.05, 0) is 64.3 Å². The molecule has 1 aromatic rings. The molecule has 0 spiro atoms. The summed E-state index contributed by atoms with van der Waals surface area (Å²) in [6.45, 7) is 5.03. The molecule has 1 aromatic carbocycles. The Labute approximate surface area is 144 Å². The molecule has 0 saturated heterocycles. The first-order chi connectivity index (χ1) is 11.0. The quantitative estimate of drug-likeness (QED) is 0.829. The van der Waals surface area contributed by atoms with Gasteiger partial charge in [-0.3, -0.25) is 0 Å². The number of ether oxygens (including phenoxy) is 1. The number of esters is 1. The average molecular weight is 339 g/mol. The van der Waals surface area contributed by atoms with Crippen LogP contribution in [0.4, 0.5) is 5.69 Å². The van der Waals surface area contributed by atoms with E-state index in [1.165, 1.54) is 20.0 Å². The summed E-state index contributed by atoms with van der Waals surface area (Å²) in [5, 5.41) is 3.95. The van der Waals surface area contributed by atoms with Gasteiger partial charge >= 0.3 is 5.97 Å². The first kappa shape index (κ1) is 18.1. The highest BCUT2D eigenvalue weighted by atomic mass is 35.5. The lowest BCUT2D eigenvalue weighted by Gasteiger charge is -2.38. The standard InChI is InChI=1S/C18H27ClN2O2/c1-5-21(15-8-6-14(20-3)7-9-15)17-11-13(19)10-16(12(17)2)18(22)23-4/h10-11,14-15,20H,5-9H2,1-4H3. The van der Waals surface area contributed by atoms with Gasteiger partial charge in [0.25, 0.3) is 0 Å². The fraction of sp³-hybridized carbons (Fsp3) is 0.611. The van der Waals surface area contributed by atoms with Crippen molar-refractivity contribution in [3.8, 4) is 0 Å². The third-order valence-corrected chi connectivity index (χ3v) is 5.16. The van der Waals surface area contributed by atoms with Gasteiger partial charge in [0.1, 0.15) is 0 Å². The molecular formula is C18H27ClN2O2. The van der Waals surface area contributed by atoms with Crippen LogP contribution in [0.3, 0.4) is 0 Å². The molecule has 5 heteroatoms. The molecule has 0 aliphatic heterocycles. The molecule has 23 heavy (non-hydrogen) atoms. The third kappa shape index (κ3) is 3.99. The third-order valence-electron chi connectivity index (χ3n) is 4.95. The number of hydrogen-bond acceptors (Lipinski definition) is 4. The molecule has 0 bridgehead atoms. The number of benzene rings is 1. The second-order valence-electron chi connectivity index (χ2n) is 6.17. The predicted octanol–water partition coefficient (Wildman–Crippen LogP) is 3.79. The topological polar surface area (TPSA) is 41.6 Å². The minimum atomic E-state index is -0.332. The molecule has 0 heterocycles. The highest BCUT2D eigenvalue weighted by Crippen LogP contribution is 2.33. The van der Waals surface area contributed by atoms with Crippen LogP contribution in [0, 0.1) is 6.92 Å². The van der Waals surface area contributed by atoms with Crippen molar-refractivity contribution in [1.82, 2.24) is 5.32 Å². The zero-order valence-electron chi connectivity index (χ0n) is 14.5. The van der Waals surface area contributed by atoms with Crippen LogP contribution in [-0.4, -0.2) is 38.8 Å². The van der Waals surface area contributed by atoms with Gasteiger partial charge in [0.05, 0.1) is 12.7 Å². The Hall–Kier alpha value is -1.26. The second-order valence-corrected chi connectivity index (χ2v) is 6.61. The normalized spacial score (nSPS) is 21.1. The van der Waals surface area contributed by atoms with Crippen LogP contribution in [0.5, 0.6) is 0 Å². The van der Waals surface area contributed by atoms with Gasteiger partial charge in [0.15, 0.2) is 0 Å². The van der Waals surface area contributed by atoms with Crippen LogP contribution in [0.25, 0.3) is 0 Å². The molecule has 2 rings (SSSR count). The summed E-state index contributed by atoms with van der Waals surface area (Å²) < 4.78 is 4.89. The molecule has 0 amide bonds. The van der Waals surface area contributed by atoms with E-state index < -0.39 is 0 Å². The van der Waals surface area contributed by atoms with Crippen molar-refractivity contribution in [3.63, 3.8) is 0 Å². The molecule has 1 fully saturated rings. The van der Waals surface area contributed by atoms with E-state index in [4.69, 9.17) is 16.3 Å².